The predicted molar refractivity (Wildman–Crippen MR) is 138 cm³/mol. The maximum absolute atomic E-state index is 6.30. The highest BCUT2D eigenvalue weighted by Gasteiger charge is 2.22. The van der Waals surface area contributed by atoms with Crippen LogP contribution in [0.25, 0.3) is 0 Å². The van der Waals surface area contributed by atoms with Crippen LogP contribution in [0.5, 0.6) is 11.5 Å². The summed E-state index contributed by atoms with van der Waals surface area (Å²) >= 11 is 0. The minimum absolute atomic E-state index is 0.0888. The fraction of sp³-hybridized carbons (Fsp3) is 0.786. The van der Waals surface area contributed by atoms with Gasteiger partial charge in [0.05, 0.1) is 13.2 Å². The zero-order valence-corrected chi connectivity index (χ0v) is 21.9. The number of rotatable bonds is 16. The first-order chi connectivity index (χ1) is 16.1. The van der Waals surface area contributed by atoms with Gasteiger partial charge in [0.1, 0.15) is 11.5 Å². The standard InChI is InChI=1S/C28H50N2O3/c1-5-7-9-11-13-15-21-29(3)27-23-31-24-28(30(4)22-16-14-12-10-8-6-2)33-26-19-17-25(32-27)18-20-26/h17-20,27-28H,5-16,21-24H2,1-4H3. The molecule has 2 unspecified atom stereocenters. The number of nitrogens with zero attached hydrogens (tertiary/aromatic N) is 2. The topological polar surface area (TPSA) is 34.2 Å². The van der Waals surface area contributed by atoms with Gasteiger partial charge in [0.15, 0.2) is 12.5 Å². The van der Waals surface area contributed by atoms with Crippen molar-refractivity contribution in [3.05, 3.63) is 24.3 Å². The Bertz CT molecular complexity index is 544. The molecule has 2 heterocycles. The summed E-state index contributed by atoms with van der Waals surface area (Å²) in [6, 6.07) is 8.04. The molecule has 0 aromatic heterocycles. The Kier molecular flexibility index (Phi) is 14.5. The number of hydrogen-bond donors (Lipinski definition) is 0. The summed E-state index contributed by atoms with van der Waals surface area (Å²) in [4.78, 5) is 4.59. The molecule has 0 spiro atoms. The van der Waals surface area contributed by atoms with Crippen molar-refractivity contribution in [3.8, 4) is 11.5 Å². The minimum Gasteiger partial charge on any atom is -0.473 e. The molecule has 0 saturated carbocycles. The van der Waals surface area contributed by atoms with Gasteiger partial charge >= 0.3 is 0 Å². The van der Waals surface area contributed by atoms with Crippen molar-refractivity contribution in [1.29, 1.82) is 0 Å². The molecule has 0 radical (unpaired) electrons. The van der Waals surface area contributed by atoms with E-state index in [9.17, 15) is 0 Å². The van der Waals surface area contributed by atoms with E-state index in [1.165, 1.54) is 77.0 Å². The van der Waals surface area contributed by atoms with Crippen LogP contribution in [0, 0.1) is 0 Å². The summed E-state index contributed by atoms with van der Waals surface area (Å²) in [7, 11) is 4.29. The molecule has 5 nitrogen and oxygen atoms in total. The van der Waals surface area contributed by atoms with Crippen LogP contribution in [0.15, 0.2) is 24.3 Å². The average molecular weight is 463 g/mol. The van der Waals surface area contributed by atoms with E-state index in [2.05, 4.69) is 37.7 Å². The van der Waals surface area contributed by atoms with Crippen LogP contribution in [0.2, 0.25) is 0 Å². The van der Waals surface area contributed by atoms with Gasteiger partial charge in [-0.25, -0.2) is 0 Å². The fourth-order valence-corrected chi connectivity index (χ4v) is 4.25. The number of hydrogen-bond acceptors (Lipinski definition) is 5. The molecule has 1 aromatic rings. The van der Waals surface area contributed by atoms with Gasteiger partial charge in [0, 0.05) is 13.1 Å². The monoisotopic (exact) mass is 462 g/mol. The quantitative estimate of drug-likeness (QED) is 0.201. The molecular formula is C28H50N2O3. The summed E-state index contributed by atoms with van der Waals surface area (Å²) in [6.07, 6.45) is 15.4. The van der Waals surface area contributed by atoms with Gasteiger partial charge in [-0.1, -0.05) is 78.1 Å². The van der Waals surface area contributed by atoms with Crippen LogP contribution in [-0.2, 0) is 4.74 Å². The molecule has 0 fully saturated rings. The first-order valence-electron chi connectivity index (χ1n) is 13.6. The molecule has 0 aliphatic carbocycles. The normalized spacial score (nSPS) is 18.8. The zero-order valence-electron chi connectivity index (χ0n) is 21.9. The van der Waals surface area contributed by atoms with Crippen LogP contribution < -0.4 is 9.47 Å². The summed E-state index contributed by atoms with van der Waals surface area (Å²) < 4.78 is 18.8. The van der Waals surface area contributed by atoms with E-state index in [-0.39, 0.29) is 12.5 Å². The molecule has 0 N–H and O–H groups in total. The van der Waals surface area contributed by atoms with Gasteiger partial charge < -0.3 is 14.2 Å². The Balaban J connectivity index is 1.85. The molecule has 2 bridgehead atoms. The maximum atomic E-state index is 6.30. The van der Waals surface area contributed by atoms with E-state index in [1.807, 2.05) is 24.3 Å². The van der Waals surface area contributed by atoms with Gasteiger partial charge in [-0.15, -0.1) is 0 Å². The number of unbranched alkanes of at least 4 members (excludes halogenated alkanes) is 10. The summed E-state index contributed by atoms with van der Waals surface area (Å²) in [5, 5.41) is 0. The first-order valence-corrected chi connectivity index (χ1v) is 13.6. The third kappa shape index (κ3) is 11.6. The molecule has 33 heavy (non-hydrogen) atoms. The molecular weight excluding hydrogens is 412 g/mol. The summed E-state index contributed by atoms with van der Waals surface area (Å²) in [6.45, 7) is 7.66. The van der Waals surface area contributed by atoms with Crippen LogP contribution in [0.3, 0.4) is 0 Å². The average Bonchev–Trinajstić information content (AvgIpc) is 2.89. The molecule has 190 valence electrons. The lowest BCUT2D eigenvalue weighted by Gasteiger charge is -2.30. The highest BCUT2D eigenvalue weighted by molar-refractivity contribution is 5.31. The molecule has 0 saturated heterocycles. The Morgan fingerprint density at radius 1 is 0.606 bits per heavy atom. The Morgan fingerprint density at radius 3 is 1.36 bits per heavy atom. The Labute approximate surface area is 203 Å². The number of fused-ring (bicyclic) bond motifs is 8. The second kappa shape index (κ2) is 17.2. The highest BCUT2D eigenvalue weighted by atomic mass is 16.6. The van der Waals surface area contributed by atoms with Crippen molar-refractivity contribution < 1.29 is 14.2 Å². The highest BCUT2D eigenvalue weighted by Crippen LogP contribution is 2.22. The summed E-state index contributed by atoms with van der Waals surface area (Å²) in [5.74, 6) is 1.73. The Morgan fingerprint density at radius 2 is 0.970 bits per heavy atom. The van der Waals surface area contributed by atoms with Gasteiger partial charge in [0.25, 0.3) is 0 Å². The lowest BCUT2D eigenvalue weighted by molar-refractivity contribution is -0.0741. The fourth-order valence-electron chi connectivity index (χ4n) is 4.25. The molecule has 2 atom stereocenters. The minimum atomic E-state index is -0.0888. The Hall–Kier alpha value is -1.30. The lowest BCUT2D eigenvalue weighted by atomic mass is 10.1. The second-order valence-electron chi connectivity index (χ2n) is 9.65. The second-order valence-corrected chi connectivity index (χ2v) is 9.65. The number of benzene rings is 1. The van der Waals surface area contributed by atoms with Crippen LogP contribution in [0.4, 0.5) is 0 Å². The van der Waals surface area contributed by atoms with Crippen LogP contribution >= 0.6 is 0 Å². The molecule has 1 aromatic carbocycles. The van der Waals surface area contributed by atoms with Gasteiger partial charge in [0.2, 0.25) is 0 Å². The number of ether oxygens (including phenoxy) is 3. The number of likely N-dealkylation sites (N-methyl/N-ethyl adjacent to an activating group) is 2. The van der Waals surface area contributed by atoms with Crippen LogP contribution in [-0.4, -0.2) is 62.7 Å². The van der Waals surface area contributed by atoms with E-state index in [0.717, 1.165) is 24.6 Å². The van der Waals surface area contributed by atoms with Crippen molar-refractivity contribution in [2.24, 2.45) is 0 Å². The molecule has 2 aliphatic rings. The smallest absolute Gasteiger partial charge is 0.175 e. The maximum Gasteiger partial charge on any atom is 0.175 e. The van der Waals surface area contributed by atoms with E-state index in [1.54, 1.807) is 0 Å². The van der Waals surface area contributed by atoms with Crippen molar-refractivity contribution >= 4 is 0 Å². The largest absolute Gasteiger partial charge is 0.473 e. The summed E-state index contributed by atoms with van der Waals surface area (Å²) in [5.41, 5.74) is 0. The molecule has 0 amide bonds. The third-order valence-electron chi connectivity index (χ3n) is 6.60. The lowest BCUT2D eigenvalue weighted by Crippen LogP contribution is -2.44. The van der Waals surface area contributed by atoms with Gasteiger partial charge in [-0.2, -0.15) is 0 Å². The van der Waals surface area contributed by atoms with Crippen molar-refractivity contribution in [2.45, 2.75) is 103 Å². The SMILES string of the molecule is CCCCCCCCN(C)C1COCC(N(C)CCCCCCCC)Oc2ccc(cc2)O1. The van der Waals surface area contributed by atoms with E-state index >= 15 is 0 Å². The molecule has 2 aliphatic heterocycles. The molecule has 3 rings (SSSR count). The van der Waals surface area contributed by atoms with Crippen molar-refractivity contribution in [3.63, 3.8) is 0 Å². The zero-order chi connectivity index (χ0) is 23.7. The van der Waals surface area contributed by atoms with E-state index < -0.39 is 0 Å². The van der Waals surface area contributed by atoms with Gasteiger partial charge in [-0.3, -0.25) is 9.80 Å². The van der Waals surface area contributed by atoms with Crippen LogP contribution in [0.1, 0.15) is 90.9 Å². The third-order valence-corrected chi connectivity index (χ3v) is 6.60. The van der Waals surface area contributed by atoms with Gasteiger partial charge in [-0.05, 0) is 51.2 Å². The predicted octanol–water partition coefficient (Wildman–Crippen LogP) is 6.71. The van der Waals surface area contributed by atoms with E-state index in [4.69, 9.17) is 14.2 Å². The van der Waals surface area contributed by atoms with Crippen molar-refractivity contribution in [1.82, 2.24) is 9.80 Å². The van der Waals surface area contributed by atoms with E-state index in [0.29, 0.717) is 13.2 Å². The van der Waals surface area contributed by atoms with Crippen molar-refractivity contribution in [2.75, 3.05) is 40.4 Å². The molecule has 5 heteroatoms. The first kappa shape index (κ1) is 27.9.